The van der Waals surface area contributed by atoms with E-state index in [1.807, 2.05) is 18.2 Å². The molecule has 2 aromatic rings. The first kappa shape index (κ1) is 21.8. The van der Waals surface area contributed by atoms with Gasteiger partial charge in [-0.3, -0.25) is 14.6 Å². The summed E-state index contributed by atoms with van der Waals surface area (Å²) >= 11 is 6.08. The molecule has 0 unspecified atom stereocenters. The molecule has 0 aliphatic carbocycles. The van der Waals surface area contributed by atoms with Gasteiger partial charge in [-0.25, -0.2) is 0 Å². The van der Waals surface area contributed by atoms with Gasteiger partial charge in [-0.1, -0.05) is 61.3 Å². The van der Waals surface area contributed by atoms with E-state index in [1.165, 1.54) is 11.1 Å². The molecule has 2 aromatic carbocycles. The van der Waals surface area contributed by atoms with Crippen LogP contribution in [-0.4, -0.2) is 48.4 Å². The molecule has 1 atom stereocenters. The molecule has 4 nitrogen and oxygen atoms in total. The molecule has 0 bridgehead atoms. The van der Waals surface area contributed by atoms with Crippen molar-refractivity contribution in [1.82, 2.24) is 15.1 Å². The van der Waals surface area contributed by atoms with Crippen LogP contribution in [0.4, 0.5) is 0 Å². The minimum atomic E-state index is 0.0299. The molecule has 0 spiro atoms. The number of halogens is 1. The van der Waals surface area contributed by atoms with Crippen molar-refractivity contribution in [3.63, 3.8) is 0 Å². The van der Waals surface area contributed by atoms with E-state index >= 15 is 0 Å². The lowest BCUT2D eigenvalue weighted by Crippen LogP contribution is -2.49. The van der Waals surface area contributed by atoms with Crippen molar-refractivity contribution in [2.45, 2.75) is 39.3 Å². The number of aryl methyl sites for hydroxylation is 1. The number of carbonyl (C=O) groups excluding carboxylic acids is 1. The molecule has 1 saturated heterocycles. The Morgan fingerprint density at radius 1 is 1.03 bits per heavy atom. The zero-order chi connectivity index (χ0) is 20.6. The lowest BCUT2D eigenvalue weighted by Gasteiger charge is -2.34. The first-order valence-corrected chi connectivity index (χ1v) is 11.0. The van der Waals surface area contributed by atoms with Gasteiger partial charge in [-0.05, 0) is 42.2 Å². The molecule has 0 saturated carbocycles. The van der Waals surface area contributed by atoms with Gasteiger partial charge in [0.05, 0.1) is 12.6 Å². The van der Waals surface area contributed by atoms with Crippen molar-refractivity contribution in [3.05, 3.63) is 70.2 Å². The normalized spacial score (nSPS) is 16.5. The number of benzene rings is 2. The van der Waals surface area contributed by atoms with E-state index in [0.717, 1.165) is 56.2 Å². The van der Waals surface area contributed by atoms with Crippen LogP contribution >= 0.6 is 11.6 Å². The van der Waals surface area contributed by atoms with Gasteiger partial charge in [0.1, 0.15) is 0 Å². The third-order valence-electron chi connectivity index (χ3n) is 5.52. The Balaban J connectivity index is 1.41. The van der Waals surface area contributed by atoms with Crippen LogP contribution in [0, 0.1) is 0 Å². The Labute approximate surface area is 179 Å². The summed E-state index contributed by atoms with van der Waals surface area (Å²) in [5.74, 6) is 0.0958. The predicted octanol–water partition coefficient (Wildman–Crippen LogP) is 4.29. The van der Waals surface area contributed by atoms with E-state index in [0.29, 0.717) is 6.54 Å². The standard InChI is InChI=1S/C24H32ClN3O/c1-3-5-20-8-10-22(11-9-20)19(2)26-24(29)18-28-14-12-27(13-15-28)17-21-6-4-7-23(25)16-21/h4,6-11,16,19H,3,5,12-15,17-18H2,1-2H3,(H,26,29)/t19-/m1/s1. The average molecular weight is 414 g/mol. The molecule has 1 aliphatic heterocycles. The third kappa shape index (κ3) is 6.84. The fourth-order valence-corrected chi connectivity index (χ4v) is 4.05. The monoisotopic (exact) mass is 413 g/mol. The molecule has 156 valence electrons. The maximum Gasteiger partial charge on any atom is 0.234 e. The minimum absolute atomic E-state index is 0.0299. The topological polar surface area (TPSA) is 35.6 Å². The van der Waals surface area contributed by atoms with Crippen LogP contribution in [-0.2, 0) is 17.8 Å². The van der Waals surface area contributed by atoms with Crippen LogP contribution < -0.4 is 5.32 Å². The number of rotatable bonds is 8. The van der Waals surface area contributed by atoms with Gasteiger partial charge in [-0.2, -0.15) is 0 Å². The summed E-state index contributed by atoms with van der Waals surface area (Å²) in [7, 11) is 0. The average Bonchev–Trinajstić information content (AvgIpc) is 2.70. The lowest BCUT2D eigenvalue weighted by molar-refractivity contribution is -0.123. The molecule has 0 radical (unpaired) electrons. The summed E-state index contributed by atoms with van der Waals surface area (Å²) in [5, 5.41) is 3.93. The van der Waals surface area contributed by atoms with Crippen LogP contribution in [0.5, 0.6) is 0 Å². The van der Waals surface area contributed by atoms with Crippen LogP contribution in [0.1, 0.15) is 43.0 Å². The zero-order valence-corrected chi connectivity index (χ0v) is 18.3. The summed E-state index contributed by atoms with van der Waals surface area (Å²) in [6.07, 6.45) is 2.25. The molecule has 3 rings (SSSR count). The first-order valence-electron chi connectivity index (χ1n) is 10.6. The lowest BCUT2D eigenvalue weighted by atomic mass is 10.0. The molecule has 1 N–H and O–H groups in total. The van der Waals surface area contributed by atoms with Crippen molar-refractivity contribution in [1.29, 1.82) is 0 Å². The van der Waals surface area contributed by atoms with E-state index in [-0.39, 0.29) is 11.9 Å². The van der Waals surface area contributed by atoms with Crippen LogP contribution in [0.25, 0.3) is 0 Å². The van der Waals surface area contributed by atoms with Gasteiger partial charge in [0.15, 0.2) is 0 Å². The summed E-state index contributed by atoms with van der Waals surface area (Å²) in [6.45, 7) is 9.36. The second kappa shape index (κ2) is 10.8. The van der Waals surface area contributed by atoms with Gasteiger partial charge in [0.25, 0.3) is 0 Å². The maximum atomic E-state index is 12.5. The highest BCUT2D eigenvalue weighted by molar-refractivity contribution is 6.30. The van der Waals surface area contributed by atoms with Crippen molar-refractivity contribution in [3.8, 4) is 0 Å². The fourth-order valence-electron chi connectivity index (χ4n) is 3.83. The highest BCUT2D eigenvalue weighted by atomic mass is 35.5. The summed E-state index contributed by atoms with van der Waals surface area (Å²) in [4.78, 5) is 17.1. The molecular weight excluding hydrogens is 382 g/mol. The summed E-state index contributed by atoms with van der Waals surface area (Å²) < 4.78 is 0. The zero-order valence-electron chi connectivity index (χ0n) is 17.5. The molecular formula is C24H32ClN3O. The smallest absolute Gasteiger partial charge is 0.234 e. The number of hydrogen-bond acceptors (Lipinski definition) is 3. The second-order valence-corrected chi connectivity index (χ2v) is 8.40. The van der Waals surface area contributed by atoms with Gasteiger partial charge in [-0.15, -0.1) is 0 Å². The van der Waals surface area contributed by atoms with E-state index < -0.39 is 0 Å². The highest BCUT2D eigenvalue weighted by Crippen LogP contribution is 2.16. The van der Waals surface area contributed by atoms with E-state index in [2.05, 4.69) is 59.3 Å². The second-order valence-electron chi connectivity index (χ2n) is 7.96. The minimum Gasteiger partial charge on any atom is -0.348 e. The van der Waals surface area contributed by atoms with Crippen LogP contribution in [0.15, 0.2) is 48.5 Å². The number of nitrogens with zero attached hydrogens (tertiary/aromatic N) is 2. The number of amides is 1. The van der Waals surface area contributed by atoms with Crippen molar-refractivity contribution in [2.24, 2.45) is 0 Å². The Kier molecular flexibility index (Phi) is 8.10. The largest absolute Gasteiger partial charge is 0.348 e. The molecule has 1 heterocycles. The van der Waals surface area contributed by atoms with Gasteiger partial charge >= 0.3 is 0 Å². The number of piperazine rings is 1. The Bertz CT molecular complexity index is 785. The van der Waals surface area contributed by atoms with Crippen LogP contribution in [0.2, 0.25) is 5.02 Å². The Hall–Kier alpha value is -1.88. The third-order valence-corrected chi connectivity index (χ3v) is 5.76. The van der Waals surface area contributed by atoms with Gasteiger partial charge in [0, 0.05) is 37.7 Å². The summed E-state index contributed by atoms with van der Waals surface area (Å²) in [6, 6.07) is 16.7. The molecule has 29 heavy (non-hydrogen) atoms. The Morgan fingerprint density at radius 3 is 2.38 bits per heavy atom. The van der Waals surface area contributed by atoms with Gasteiger partial charge < -0.3 is 5.32 Å². The Morgan fingerprint density at radius 2 is 1.72 bits per heavy atom. The number of nitrogens with one attached hydrogen (secondary N) is 1. The van der Waals surface area contributed by atoms with Crippen molar-refractivity contribution in [2.75, 3.05) is 32.7 Å². The van der Waals surface area contributed by atoms with Crippen LogP contribution in [0.3, 0.4) is 0 Å². The fraction of sp³-hybridized carbons (Fsp3) is 0.458. The molecule has 0 aromatic heterocycles. The number of carbonyl (C=O) groups is 1. The predicted molar refractivity (Wildman–Crippen MR) is 120 cm³/mol. The van der Waals surface area contributed by atoms with E-state index in [4.69, 9.17) is 11.6 Å². The highest BCUT2D eigenvalue weighted by Gasteiger charge is 2.20. The summed E-state index contributed by atoms with van der Waals surface area (Å²) in [5.41, 5.74) is 3.75. The molecule has 1 fully saturated rings. The van der Waals surface area contributed by atoms with Crippen molar-refractivity contribution < 1.29 is 4.79 Å². The first-order chi connectivity index (χ1) is 14.0. The van der Waals surface area contributed by atoms with E-state index in [9.17, 15) is 4.79 Å². The molecule has 1 amide bonds. The SMILES string of the molecule is CCCc1ccc([C@@H](C)NC(=O)CN2CCN(Cc3cccc(Cl)c3)CC2)cc1. The van der Waals surface area contributed by atoms with Crippen molar-refractivity contribution >= 4 is 17.5 Å². The molecule has 5 heteroatoms. The molecule has 1 aliphatic rings. The van der Waals surface area contributed by atoms with Gasteiger partial charge in [0.2, 0.25) is 5.91 Å². The quantitative estimate of drug-likeness (QED) is 0.701. The maximum absolute atomic E-state index is 12.5. The van der Waals surface area contributed by atoms with E-state index in [1.54, 1.807) is 0 Å². The number of hydrogen-bond donors (Lipinski definition) is 1.